The second-order valence-electron chi connectivity index (χ2n) is 24.8. The summed E-state index contributed by atoms with van der Waals surface area (Å²) in [6, 6.07) is 63.9. The third kappa shape index (κ3) is 40.0. The number of rotatable bonds is 47. The van der Waals surface area contributed by atoms with E-state index < -0.39 is 36.2 Å². The van der Waals surface area contributed by atoms with Crippen molar-refractivity contribution >= 4 is 53.0 Å². The van der Waals surface area contributed by atoms with Crippen molar-refractivity contribution in [3.8, 4) is 18.2 Å². The quantitative estimate of drug-likeness (QED) is 0.00713. The number of ether oxygens (including phenoxy) is 3. The Labute approximate surface area is 643 Å². The van der Waals surface area contributed by atoms with E-state index in [0.29, 0.717) is 36.5 Å². The molecule has 0 fully saturated rings. The van der Waals surface area contributed by atoms with E-state index in [1.807, 2.05) is 200 Å². The Balaban J connectivity index is 0.000000496. The zero-order valence-electron chi connectivity index (χ0n) is 64.9. The van der Waals surface area contributed by atoms with Crippen LogP contribution in [-0.2, 0) is 55.2 Å². The lowest BCUT2D eigenvalue weighted by Gasteiger charge is -2.24. The molecule has 576 valence electrons. The van der Waals surface area contributed by atoms with Gasteiger partial charge in [-0.2, -0.15) is 15.8 Å². The summed E-state index contributed by atoms with van der Waals surface area (Å²) in [5, 5.41) is 37.5. The molecular formula is C89H119N3O13Si2. The maximum atomic E-state index is 12.8. The van der Waals surface area contributed by atoms with Crippen LogP contribution in [0.5, 0.6) is 0 Å². The summed E-state index contributed by atoms with van der Waals surface area (Å²) in [7, 11) is 5.60. The highest BCUT2D eigenvalue weighted by atomic mass is 28.4. The van der Waals surface area contributed by atoms with E-state index in [4.69, 9.17) is 45.9 Å². The van der Waals surface area contributed by atoms with Crippen LogP contribution in [0, 0.1) is 34.0 Å². The summed E-state index contributed by atoms with van der Waals surface area (Å²) in [4.78, 5) is 37.6. The van der Waals surface area contributed by atoms with Crippen molar-refractivity contribution in [3.05, 3.63) is 257 Å². The van der Waals surface area contributed by atoms with Gasteiger partial charge in [-0.15, -0.1) is 13.2 Å². The number of aliphatic hydroxyl groups excluding tert-OH is 1. The van der Waals surface area contributed by atoms with Gasteiger partial charge in [-0.25, -0.2) is 14.4 Å². The van der Waals surface area contributed by atoms with Crippen molar-refractivity contribution in [3.63, 3.8) is 0 Å². The lowest BCUT2D eigenvalue weighted by atomic mass is 9.93. The van der Waals surface area contributed by atoms with E-state index in [1.165, 1.54) is 89.9 Å². The van der Waals surface area contributed by atoms with Crippen molar-refractivity contribution in [2.45, 2.75) is 173 Å². The van der Waals surface area contributed by atoms with Gasteiger partial charge in [0.15, 0.2) is 0 Å². The fourth-order valence-electron chi connectivity index (χ4n) is 11.4. The van der Waals surface area contributed by atoms with Gasteiger partial charge in [0.25, 0.3) is 0 Å². The highest BCUT2D eigenvalue weighted by molar-refractivity contribution is 6.60. The maximum Gasteiger partial charge on any atom is 0.500 e. The maximum absolute atomic E-state index is 12.8. The van der Waals surface area contributed by atoms with Crippen LogP contribution in [0.15, 0.2) is 224 Å². The van der Waals surface area contributed by atoms with Gasteiger partial charge in [0, 0.05) is 72.0 Å². The van der Waals surface area contributed by atoms with Crippen LogP contribution in [0.1, 0.15) is 201 Å². The summed E-state index contributed by atoms with van der Waals surface area (Å²) in [5.74, 6) is -1.71. The number of benzene rings is 6. The number of hydrogen-bond acceptors (Lipinski definition) is 16. The van der Waals surface area contributed by atoms with Crippen LogP contribution in [0.4, 0.5) is 0 Å². The molecule has 6 aromatic rings. The molecule has 1 N–H and O–H groups in total. The SMILES string of the molecule is C=CCCCCCCCCCO.C=CCCCCCCCCCOC(=O)C(C#N)=C(c1ccccc1)c1ccccc1.CCOC(=O)C(C#N)=C(c1ccccc1)c1ccccc1.CO[SiH](OC)OC.CO[Si](CCCCCCCCCCCOC(=O)C(C#N)=C(c1ccccc1)c1ccccc1)(OC)OC. The molecule has 0 aromatic heterocycles. The third-order valence-electron chi connectivity index (χ3n) is 17.1. The first-order valence-corrected chi connectivity index (χ1v) is 41.1. The van der Waals surface area contributed by atoms with E-state index in [9.17, 15) is 30.2 Å². The number of nitriles is 3. The van der Waals surface area contributed by atoms with Crippen LogP contribution in [0.2, 0.25) is 6.04 Å². The molecule has 0 saturated heterocycles. The van der Waals surface area contributed by atoms with Gasteiger partial charge in [0.1, 0.15) is 34.9 Å². The number of nitrogens with zero attached hydrogens (tertiary/aromatic N) is 3. The first kappa shape index (κ1) is 94.1. The van der Waals surface area contributed by atoms with Gasteiger partial charge in [-0.3, -0.25) is 0 Å². The zero-order valence-corrected chi connectivity index (χ0v) is 67.0. The predicted molar refractivity (Wildman–Crippen MR) is 435 cm³/mol. The molecule has 0 spiro atoms. The molecule has 0 aliphatic carbocycles. The van der Waals surface area contributed by atoms with Crippen molar-refractivity contribution in [2.24, 2.45) is 0 Å². The number of carbonyl (C=O) groups is 3. The molecule has 6 aromatic carbocycles. The molecule has 18 heteroatoms. The molecule has 0 bridgehead atoms. The molecule has 107 heavy (non-hydrogen) atoms. The smallest absolute Gasteiger partial charge is 0.462 e. The lowest BCUT2D eigenvalue weighted by Crippen LogP contribution is -2.42. The van der Waals surface area contributed by atoms with Gasteiger partial charge < -0.3 is 45.9 Å². The average molecular weight is 1500 g/mol. The Morgan fingerprint density at radius 1 is 0.364 bits per heavy atom. The first-order valence-electron chi connectivity index (χ1n) is 37.8. The second-order valence-corrected chi connectivity index (χ2v) is 29.9. The molecule has 0 unspecified atom stereocenters. The second kappa shape index (κ2) is 63.2. The van der Waals surface area contributed by atoms with E-state index in [1.54, 1.807) is 49.6 Å². The molecule has 0 amide bonds. The highest BCUT2D eigenvalue weighted by Gasteiger charge is 2.36. The van der Waals surface area contributed by atoms with Crippen molar-refractivity contribution in [1.82, 2.24) is 0 Å². The van der Waals surface area contributed by atoms with Crippen LogP contribution in [0.25, 0.3) is 16.7 Å². The molecule has 16 nitrogen and oxygen atoms in total. The minimum absolute atomic E-state index is 0.0225. The average Bonchev–Trinajstić information content (AvgIpc) is 0.831. The summed E-state index contributed by atoms with van der Waals surface area (Å²) in [6.45, 7) is 10.4. The van der Waals surface area contributed by atoms with Crippen molar-refractivity contribution < 1.29 is 60.3 Å². The number of carbonyl (C=O) groups excluding carboxylic acids is 3. The fraction of sp³-hybridized carbons (Fsp3) is 0.416. The zero-order chi connectivity index (χ0) is 78.1. The summed E-state index contributed by atoms with van der Waals surface area (Å²) < 4.78 is 46.6. The van der Waals surface area contributed by atoms with Crippen molar-refractivity contribution in [1.29, 1.82) is 15.8 Å². The molecule has 0 saturated carbocycles. The number of esters is 3. The normalized spacial score (nSPS) is 10.3. The molecule has 0 aliphatic heterocycles. The molecule has 0 heterocycles. The van der Waals surface area contributed by atoms with Crippen LogP contribution in [0.3, 0.4) is 0 Å². The Morgan fingerprint density at radius 2 is 0.598 bits per heavy atom. The Kier molecular flexibility index (Phi) is 55.6. The standard InChI is InChI=1S/C30H41NO5Si.C27H31NO2.C18H15NO2.C11H22O.C3H10O3Si/c1-33-37(34-2,35-3)24-18-10-8-6-4-5-7-9-17-23-36-30(32)28(25-31)29(26-19-13-11-14-20-26)27-21-15-12-16-22-27;1-2-3-4-5-6-7-8-9-16-21-30-27(29)25(22-28)26(23-17-12-10-13-18-23)24-19-14-11-15-20-24;1-2-21-18(20)16(13-19)17(14-9-5-3-6-10-14)15-11-7-4-8-12-15;1-2-3-4-5-6-7-8-9-10-11-12;1-4-7(5-2)6-3/h11-16,19-22H,4-10,17-18,23-24H2,1-3H3;2,10-15,17-20H,1,3-9,16,21H2;3-12H,2H2,1H3;2,12H,1,3-11H2;7H,1-3H3. The topological polar surface area (TPSA) is 226 Å². The van der Waals surface area contributed by atoms with E-state index in [-0.39, 0.29) is 23.3 Å². The summed E-state index contributed by atoms with van der Waals surface area (Å²) >= 11 is 0. The molecule has 0 radical (unpaired) electrons. The Hall–Kier alpha value is -8.95. The number of hydrogen-bond donors (Lipinski definition) is 1. The Bertz CT molecular complexity index is 3410. The Morgan fingerprint density at radius 3 is 0.813 bits per heavy atom. The third-order valence-corrected chi connectivity index (χ3v) is 21.1. The van der Waals surface area contributed by atoms with E-state index >= 15 is 0 Å². The minimum Gasteiger partial charge on any atom is -0.462 e. The van der Waals surface area contributed by atoms with Crippen LogP contribution >= 0.6 is 0 Å². The molecule has 0 aliphatic rings. The van der Waals surface area contributed by atoms with Gasteiger partial charge in [-0.05, 0) is 91.7 Å². The largest absolute Gasteiger partial charge is 0.500 e. The molecule has 0 atom stereocenters. The fourth-order valence-corrected chi connectivity index (χ4v) is 13.7. The minimum atomic E-state index is -2.43. The summed E-state index contributed by atoms with van der Waals surface area (Å²) in [5.41, 5.74) is 6.85. The van der Waals surface area contributed by atoms with Gasteiger partial charge in [0.2, 0.25) is 0 Å². The van der Waals surface area contributed by atoms with Crippen molar-refractivity contribution in [2.75, 3.05) is 69.1 Å². The number of aliphatic hydroxyl groups is 1. The van der Waals surface area contributed by atoms with Gasteiger partial charge in [-0.1, -0.05) is 303 Å². The number of allylic oxidation sites excluding steroid dienone is 2. The highest BCUT2D eigenvalue weighted by Crippen LogP contribution is 2.31. The van der Waals surface area contributed by atoms with E-state index in [0.717, 1.165) is 110 Å². The molecule has 6 rings (SSSR count). The molecular weight excluding hydrogens is 1380 g/mol. The van der Waals surface area contributed by atoms with Gasteiger partial charge >= 0.3 is 36.2 Å². The van der Waals surface area contributed by atoms with Crippen LogP contribution in [-0.4, -0.2) is 110 Å². The summed E-state index contributed by atoms with van der Waals surface area (Å²) in [6.07, 6.45) is 32.8. The first-order chi connectivity index (χ1) is 52.4. The van der Waals surface area contributed by atoms with Gasteiger partial charge in [0.05, 0.1) is 19.8 Å². The lowest BCUT2D eigenvalue weighted by molar-refractivity contribution is -0.139. The van der Waals surface area contributed by atoms with Crippen LogP contribution < -0.4 is 0 Å². The van der Waals surface area contributed by atoms with E-state index in [2.05, 4.69) is 25.3 Å². The monoisotopic (exact) mass is 1490 g/mol. The predicted octanol–water partition coefficient (Wildman–Crippen LogP) is 20.3. The number of unbranched alkanes of at least 4 members (excludes halogenated alkanes) is 22.